The topological polar surface area (TPSA) is 12.0 Å². The normalized spacial score (nSPS) is 11.6. The van der Waals surface area contributed by atoms with Crippen molar-refractivity contribution in [3.05, 3.63) is 125 Å². The largest absolute Gasteiger partial charge is 0.350 e. The molecule has 0 spiro atoms. The minimum Gasteiger partial charge on any atom is -0.350 e. The van der Waals surface area contributed by atoms with Crippen molar-refractivity contribution in [2.24, 2.45) is 0 Å². The number of rotatable bonds is 6. The Balaban J connectivity index is 1.50. The first-order chi connectivity index (χ1) is 14.7. The molecule has 0 fully saturated rings. The molecule has 4 rings (SSSR count). The van der Waals surface area contributed by atoms with E-state index in [0.717, 1.165) is 21.3 Å². The summed E-state index contributed by atoms with van der Waals surface area (Å²) in [5.74, 6) is 0.147. The molecule has 0 aromatic heterocycles. The Morgan fingerprint density at radius 1 is 0.700 bits per heavy atom. The zero-order valence-electron chi connectivity index (χ0n) is 16.5. The van der Waals surface area contributed by atoms with Gasteiger partial charge in [0.05, 0.1) is 4.99 Å². The number of anilines is 1. The van der Waals surface area contributed by atoms with Gasteiger partial charge in [-0.1, -0.05) is 109 Å². The number of thiocarbonyl (C=S) groups is 1. The van der Waals surface area contributed by atoms with Gasteiger partial charge < -0.3 is 5.32 Å². The third-order valence-corrected chi connectivity index (χ3v) is 5.62. The van der Waals surface area contributed by atoms with Crippen molar-refractivity contribution in [2.75, 3.05) is 5.32 Å². The highest BCUT2D eigenvalue weighted by atomic mass is 35.5. The second-order valence-electron chi connectivity index (χ2n) is 7.21. The Bertz CT molecular complexity index is 1110. The van der Waals surface area contributed by atoms with Crippen LogP contribution in [0.5, 0.6) is 0 Å². The van der Waals surface area contributed by atoms with Crippen LogP contribution < -0.4 is 5.32 Å². The lowest BCUT2D eigenvalue weighted by Crippen LogP contribution is -2.14. The van der Waals surface area contributed by atoms with Crippen LogP contribution >= 0.6 is 23.8 Å². The minimum atomic E-state index is 0.147. The van der Waals surface area contributed by atoms with E-state index in [1.54, 1.807) is 0 Å². The van der Waals surface area contributed by atoms with Crippen LogP contribution in [-0.2, 0) is 0 Å². The molecular weight excluding hydrogens is 406 g/mol. The molecule has 0 amide bonds. The molecule has 3 heteroatoms. The highest BCUT2D eigenvalue weighted by Crippen LogP contribution is 2.30. The van der Waals surface area contributed by atoms with Gasteiger partial charge in [-0.3, -0.25) is 0 Å². The third-order valence-electron chi connectivity index (χ3n) is 5.12. The van der Waals surface area contributed by atoms with Gasteiger partial charge in [0.25, 0.3) is 0 Å². The molecule has 0 saturated heterocycles. The van der Waals surface area contributed by atoms with Crippen LogP contribution in [0.1, 0.15) is 23.5 Å². The maximum absolute atomic E-state index is 6.26. The molecule has 0 aliphatic rings. The van der Waals surface area contributed by atoms with Crippen molar-refractivity contribution in [1.29, 1.82) is 0 Å². The van der Waals surface area contributed by atoms with Crippen LogP contribution in [0.4, 0.5) is 5.69 Å². The first-order valence-corrected chi connectivity index (χ1v) is 10.7. The van der Waals surface area contributed by atoms with Crippen LogP contribution in [0.3, 0.4) is 0 Å². The maximum Gasteiger partial charge on any atom is 0.0806 e. The first kappa shape index (κ1) is 20.3. The highest BCUT2D eigenvalue weighted by Gasteiger charge is 2.17. The van der Waals surface area contributed by atoms with E-state index in [4.69, 9.17) is 23.8 Å². The van der Waals surface area contributed by atoms with Crippen LogP contribution in [0, 0.1) is 0 Å². The van der Waals surface area contributed by atoms with Gasteiger partial charge in [-0.15, -0.1) is 0 Å². The fourth-order valence-corrected chi connectivity index (χ4v) is 4.09. The molecule has 148 valence electrons. The lowest BCUT2D eigenvalue weighted by molar-refractivity contribution is 0.861. The lowest BCUT2D eigenvalue weighted by Gasteiger charge is -2.20. The molecule has 4 aromatic carbocycles. The van der Waals surface area contributed by atoms with Gasteiger partial charge in [-0.2, -0.15) is 0 Å². The number of benzene rings is 4. The van der Waals surface area contributed by atoms with E-state index < -0.39 is 0 Å². The van der Waals surface area contributed by atoms with E-state index in [1.807, 2.05) is 30.3 Å². The molecule has 0 heterocycles. The molecule has 1 atom stereocenters. The van der Waals surface area contributed by atoms with Gasteiger partial charge in [-0.25, -0.2) is 0 Å². The number of halogens is 1. The summed E-state index contributed by atoms with van der Waals surface area (Å²) in [7, 11) is 0. The van der Waals surface area contributed by atoms with E-state index in [1.165, 1.54) is 16.7 Å². The van der Waals surface area contributed by atoms with Crippen molar-refractivity contribution in [2.45, 2.75) is 12.3 Å². The Hall–Kier alpha value is -2.94. The van der Waals surface area contributed by atoms with Gasteiger partial charge >= 0.3 is 0 Å². The van der Waals surface area contributed by atoms with E-state index in [2.05, 4.69) is 84.2 Å². The average Bonchev–Trinajstić information content (AvgIpc) is 2.79. The summed E-state index contributed by atoms with van der Waals surface area (Å²) in [5.41, 5.74) is 5.78. The van der Waals surface area contributed by atoms with Crippen molar-refractivity contribution in [1.82, 2.24) is 0 Å². The fraction of sp³-hybridized carbons (Fsp3) is 0.0741. The molecule has 1 N–H and O–H groups in total. The smallest absolute Gasteiger partial charge is 0.0806 e. The Morgan fingerprint density at radius 2 is 1.30 bits per heavy atom. The van der Waals surface area contributed by atoms with Gasteiger partial charge in [-0.05, 0) is 46.5 Å². The second-order valence-corrected chi connectivity index (χ2v) is 8.14. The number of nitrogens with one attached hydrogen (secondary N) is 1. The van der Waals surface area contributed by atoms with Crippen LogP contribution in [-0.4, -0.2) is 4.99 Å². The zero-order chi connectivity index (χ0) is 20.8. The predicted molar refractivity (Wildman–Crippen MR) is 132 cm³/mol. The Kier molecular flexibility index (Phi) is 6.58. The summed E-state index contributed by atoms with van der Waals surface area (Å²) in [6, 6.07) is 37.2. The van der Waals surface area contributed by atoms with Gasteiger partial charge in [0.2, 0.25) is 0 Å². The summed E-state index contributed by atoms with van der Waals surface area (Å²) in [6.45, 7) is 0. The summed E-state index contributed by atoms with van der Waals surface area (Å²) in [4.78, 5) is 0.802. The van der Waals surface area contributed by atoms with E-state index in [-0.39, 0.29) is 5.92 Å². The van der Waals surface area contributed by atoms with E-state index in [0.29, 0.717) is 6.42 Å². The average molecular weight is 428 g/mol. The van der Waals surface area contributed by atoms with Crippen molar-refractivity contribution in [3.63, 3.8) is 0 Å². The highest BCUT2D eigenvalue weighted by molar-refractivity contribution is 7.80. The van der Waals surface area contributed by atoms with E-state index >= 15 is 0 Å². The van der Waals surface area contributed by atoms with Crippen molar-refractivity contribution >= 4 is 34.5 Å². The van der Waals surface area contributed by atoms with E-state index in [9.17, 15) is 0 Å². The Labute approximate surface area is 188 Å². The molecule has 0 bridgehead atoms. The number of hydrogen-bond acceptors (Lipinski definition) is 1. The van der Waals surface area contributed by atoms with Crippen molar-refractivity contribution < 1.29 is 0 Å². The molecular formula is C27H22ClNS. The third kappa shape index (κ3) is 5.15. The molecule has 1 unspecified atom stereocenters. The zero-order valence-corrected chi connectivity index (χ0v) is 18.0. The molecule has 30 heavy (non-hydrogen) atoms. The first-order valence-electron chi connectivity index (χ1n) is 9.95. The van der Waals surface area contributed by atoms with Crippen LogP contribution in [0.2, 0.25) is 5.02 Å². The van der Waals surface area contributed by atoms with Crippen molar-refractivity contribution in [3.8, 4) is 11.1 Å². The predicted octanol–water partition coefficient (Wildman–Crippen LogP) is 7.97. The second kappa shape index (κ2) is 9.71. The molecule has 0 saturated carbocycles. The monoisotopic (exact) mass is 427 g/mol. The lowest BCUT2D eigenvalue weighted by atomic mass is 9.88. The fourth-order valence-electron chi connectivity index (χ4n) is 3.61. The van der Waals surface area contributed by atoms with Crippen LogP contribution in [0.25, 0.3) is 11.1 Å². The van der Waals surface area contributed by atoms with Crippen LogP contribution in [0.15, 0.2) is 109 Å². The number of hydrogen-bond donors (Lipinski definition) is 1. The summed E-state index contributed by atoms with van der Waals surface area (Å²) in [5, 5.41) is 4.14. The molecule has 4 aromatic rings. The summed E-state index contributed by atoms with van der Waals surface area (Å²) in [6.07, 6.45) is 0.708. The Morgan fingerprint density at radius 3 is 1.97 bits per heavy atom. The minimum absolute atomic E-state index is 0.147. The standard InChI is InChI=1S/C27H22ClNS/c28-24-13-7-12-23(18-24)26(22-10-5-2-6-11-22)19-27(30)29-25-16-14-21(15-17-25)20-8-3-1-4-9-20/h1-18,26H,19H2,(H,29,30). The SMILES string of the molecule is S=C(CC(c1ccccc1)c1cccc(Cl)c1)Nc1ccc(-c2ccccc2)cc1. The maximum atomic E-state index is 6.26. The van der Waals surface area contributed by atoms with Gasteiger partial charge in [0, 0.05) is 23.0 Å². The molecule has 0 aliphatic heterocycles. The molecule has 0 radical (unpaired) electrons. The van der Waals surface area contributed by atoms with Gasteiger partial charge in [0.1, 0.15) is 0 Å². The molecule has 0 aliphatic carbocycles. The summed E-state index contributed by atoms with van der Waals surface area (Å²) >= 11 is 12.0. The summed E-state index contributed by atoms with van der Waals surface area (Å²) < 4.78 is 0. The molecule has 1 nitrogen and oxygen atoms in total. The van der Waals surface area contributed by atoms with Gasteiger partial charge in [0.15, 0.2) is 0 Å². The quantitative estimate of drug-likeness (QED) is 0.313.